The highest BCUT2D eigenvalue weighted by Gasteiger charge is 2.25. The van der Waals surface area contributed by atoms with Crippen LogP contribution in [-0.2, 0) is 12.8 Å². The summed E-state index contributed by atoms with van der Waals surface area (Å²) in [5.41, 5.74) is 2.92. The summed E-state index contributed by atoms with van der Waals surface area (Å²) in [4.78, 5) is 19.2. The molecule has 0 bridgehead atoms. The van der Waals surface area contributed by atoms with Gasteiger partial charge in [-0.05, 0) is 67.1 Å². The van der Waals surface area contributed by atoms with E-state index in [1.54, 1.807) is 7.11 Å². The first-order valence-electron chi connectivity index (χ1n) is 10.5. The van der Waals surface area contributed by atoms with Crippen molar-refractivity contribution in [1.29, 1.82) is 0 Å². The molecule has 1 aliphatic heterocycles. The third kappa shape index (κ3) is 4.53. The fourth-order valence-electron chi connectivity index (χ4n) is 3.85. The van der Waals surface area contributed by atoms with Crippen LogP contribution in [0.4, 0.5) is 0 Å². The van der Waals surface area contributed by atoms with Crippen molar-refractivity contribution in [2.75, 3.05) is 20.2 Å². The third-order valence-electron chi connectivity index (χ3n) is 5.79. The van der Waals surface area contributed by atoms with E-state index in [2.05, 4.69) is 17.1 Å². The normalized spacial score (nSPS) is 14.7. The molecule has 2 heterocycles. The Balaban J connectivity index is 1.31. The molecule has 3 aromatic rings. The SMILES string of the molecule is CCc1ccc(C(=O)N2CCC(Cc3nc(-c4ccc(OC)cc4)no3)CC2)cc1. The summed E-state index contributed by atoms with van der Waals surface area (Å²) in [7, 11) is 1.64. The highest BCUT2D eigenvalue weighted by Crippen LogP contribution is 2.25. The minimum absolute atomic E-state index is 0.121. The van der Waals surface area contributed by atoms with E-state index in [4.69, 9.17) is 9.26 Å². The molecule has 0 unspecified atom stereocenters. The number of nitrogens with zero attached hydrogens (tertiary/aromatic N) is 3. The number of hydrogen-bond acceptors (Lipinski definition) is 5. The van der Waals surface area contributed by atoms with Gasteiger partial charge in [0.05, 0.1) is 7.11 Å². The number of aryl methyl sites for hydroxylation is 1. The Morgan fingerprint density at radius 1 is 1.10 bits per heavy atom. The van der Waals surface area contributed by atoms with Crippen LogP contribution < -0.4 is 4.74 Å². The number of ether oxygens (including phenoxy) is 1. The lowest BCUT2D eigenvalue weighted by atomic mass is 9.93. The largest absolute Gasteiger partial charge is 0.497 e. The number of rotatable bonds is 6. The summed E-state index contributed by atoms with van der Waals surface area (Å²) in [6, 6.07) is 15.6. The van der Waals surface area contributed by atoms with Crippen molar-refractivity contribution < 1.29 is 14.1 Å². The molecule has 1 amide bonds. The fraction of sp³-hybridized carbons (Fsp3) is 0.375. The number of hydrogen-bond donors (Lipinski definition) is 0. The van der Waals surface area contributed by atoms with Gasteiger partial charge in [0.1, 0.15) is 5.75 Å². The number of likely N-dealkylation sites (tertiary alicyclic amines) is 1. The molecule has 0 radical (unpaired) electrons. The number of benzene rings is 2. The van der Waals surface area contributed by atoms with Gasteiger partial charge in [-0.1, -0.05) is 24.2 Å². The Hall–Kier alpha value is -3.15. The summed E-state index contributed by atoms with van der Waals surface area (Å²) in [6.07, 6.45) is 3.62. The molecule has 1 aromatic heterocycles. The highest BCUT2D eigenvalue weighted by molar-refractivity contribution is 5.94. The van der Waals surface area contributed by atoms with E-state index in [9.17, 15) is 4.79 Å². The van der Waals surface area contributed by atoms with Gasteiger partial charge in [0.25, 0.3) is 5.91 Å². The average molecular weight is 405 g/mol. The number of aromatic nitrogens is 2. The van der Waals surface area contributed by atoms with Gasteiger partial charge in [0.15, 0.2) is 0 Å². The molecule has 0 saturated carbocycles. The van der Waals surface area contributed by atoms with E-state index in [0.29, 0.717) is 17.6 Å². The third-order valence-corrected chi connectivity index (χ3v) is 5.79. The molecule has 30 heavy (non-hydrogen) atoms. The van der Waals surface area contributed by atoms with Gasteiger partial charge in [-0.15, -0.1) is 0 Å². The maximum atomic E-state index is 12.7. The molecular formula is C24H27N3O3. The van der Waals surface area contributed by atoms with Crippen molar-refractivity contribution in [2.24, 2.45) is 5.92 Å². The predicted octanol–water partition coefficient (Wildman–Crippen LogP) is 4.40. The van der Waals surface area contributed by atoms with E-state index >= 15 is 0 Å². The number of methoxy groups -OCH3 is 1. The monoisotopic (exact) mass is 405 g/mol. The van der Waals surface area contributed by atoms with E-state index in [0.717, 1.165) is 55.6 Å². The van der Waals surface area contributed by atoms with Gasteiger partial charge in [-0.2, -0.15) is 4.98 Å². The molecule has 6 nitrogen and oxygen atoms in total. The van der Waals surface area contributed by atoms with E-state index < -0.39 is 0 Å². The molecule has 0 aliphatic carbocycles. The molecule has 0 spiro atoms. The Labute approximate surface area is 176 Å². The number of carbonyl (C=O) groups is 1. The van der Waals surface area contributed by atoms with Crippen LogP contribution >= 0.6 is 0 Å². The zero-order valence-electron chi connectivity index (χ0n) is 17.5. The molecule has 1 aliphatic rings. The molecule has 1 saturated heterocycles. The molecular weight excluding hydrogens is 378 g/mol. The zero-order chi connectivity index (χ0) is 20.9. The molecule has 2 aromatic carbocycles. The van der Waals surface area contributed by atoms with Gasteiger partial charge < -0.3 is 14.2 Å². The molecule has 0 N–H and O–H groups in total. The van der Waals surface area contributed by atoms with E-state index in [-0.39, 0.29) is 5.91 Å². The van der Waals surface area contributed by atoms with Crippen LogP contribution in [-0.4, -0.2) is 41.1 Å². The zero-order valence-corrected chi connectivity index (χ0v) is 17.5. The van der Waals surface area contributed by atoms with Crippen LogP contribution in [0.25, 0.3) is 11.4 Å². The lowest BCUT2D eigenvalue weighted by Gasteiger charge is -2.31. The van der Waals surface area contributed by atoms with Crippen molar-refractivity contribution in [2.45, 2.75) is 32.6 Å². The molecule has 0 atom stereocenters. The fourth-order valence-corrected chi connectivity index (χ4v) is 3.85. The quantitative estimate of drug-likeness (QED) is 0.608. The maximum absolute atomic E-state index is 12.7. The van der Waals surface area contributed by atoms with Crippen LogP contribution in [0.5, 0.6) is 5.75 Å². The first-order chi connectivity index (χ1) is 14.7. The second kappa shape index (κ2) is 9.11. The van der Waals surface area contributed by atoms with Crippen molar-refractivity contribution in [3.8, 4) is 17.1 Å². The topological polar surface area (TPSA) is 68.5 Å². The lowest BCUT2D eigenvalue weighted by Crippen LogP contribution is -2.38. The Kier molecular flexibility index (Phi) is 6.12. The number of carbonyl (C=O) groups excluding carboxylic acids is 1. The van der Waals surface area contributed by atoms with Gasteiger partial charge in [-0.3, -0.25) is 4.79 Å². The average Bonchev–Trinajstić information content (AvgIpc) is 3.27. The van der Waals surface area contributed by atoms with E-state index in [1.807, 2.05) is 53.4 Å². The van der Waals surface area contributed by atoms with E-state index in [1.165, 1.54) is 5.56 Å². The maximum Gasteiger partial charge on any atom is 0.253 e. The summed E-state index contributed by atoms with van der Waals surface area (Å²) in [5.74, 6) is 2.61. The van der Waals surface area contributed by atoms with Crippen LogP contribution in [0, 0.1) is 5.92 Å². The first-order valence-corrected chi connectivity index (χ1v) is 10.5. The second-order valence-electron chi connectivity index (χ2n) is 7.73. The first kappa shape index (κ1) is 20.1. The minimum atomic E-state index is 0.121. The van der Waals surface area contributed by atoms with Crippen LogP contribution in [0.2, 0.25) is 0 Å². The van der Waals surface area contributed by atoms with Crippen LogP contribution in [0.1, 0.15) is 41.6 Å². The standard InChI is InChI=1S/C24H27N3O3/c1-3-17-4-6-20(7-5-17)24(28)27-14-12-18(13-15-27)16-22-25-23(26-30-22)19-8-10-21(29-2)11-9-19/h4-11,18H,3,12-16H2,1-2H3. The molecule has 6 heteroatoms. The van der Waals surface area contributed by atoms with Gasteiger partial charge in [-0.25, -0.2) is 0 Å². The van der Waals surface area contributed by atoms with Gasteiger partial charge in [0, 0.05) is 30.6 Å². The summed E-state index contributed by atoms with van der Waals surface area (Å²) in [5, 5.41) is 4.11. The minimum Gasteiger partial charge on any atom is -0.497 e. The Bertz CT molecular complexity index is 972. The number of piperidine rings is 1. The number of amides is 1. The van der Waals surface area contributed by atoms with Crippen molar-refractivity contribution in [1.82, 2.24) is 15.0 Å². The van der Waals surface area contributed by atoms with Gasteiger partial charge in [0.2, 0.25) is 11.7 Å². The Morgan fingerprint density at radius 2 is 1.80 bits per heavy atom. The molecule has 1 fully saturated rings. The van der Waals surface area contributed by atoms with Crippen molar-refractivity contribution >= 4 is 5.91 Å². The van der Waals surface area contributed by atoms with Gasteiger partial charge >= 0.3 is 0 Å². The summed E-state index contributed by atoms with van der Waals surface area (Å²) >= 11 is 0. The summed E-state index contributed by atoms with van der Waals surface area (Å²) < 4.78 is 10.7. The molecule has 156 valence electrons. The second-order valence-corrected chi connectivity index (χ2v) is 7.73. The smallest absolute Gasteiger partial charge is 0.253 e. The van der Waals surface area contributed by atoms with Crippen LogP contribution in [0.3, 0.4) is 0 Å². The Morgan fingerprint density at radius 3 is 2.43 bits per heavy atom. The van der Waals surface area contributed by atoms with Crippen molar-refractivity contribution in [3.05, 3.63) is 65.5 Å². The van der Waals surface area contributed by atoms with Crippen LogP contribution in [0.15, 0.2) is 53.1 Å². The highest BCUT2D eigenvalue weighted by atomic mass is 16.5. The molecule has 4 rings (SSSR count). The summed E-state index contributed by atoms with van der Waals surface area (Å²) in [6.45, 7) is 3.64. The predicted molar refractivity (Wildman–Crippen MR) is 114 cm³/mol. The van der Waals surface area contributed by atoms with Crippen molar-refractivity contribution in [3.63, 3.8) is 0 Å². The lowest BCUT2D eigenvalue weighted by molar-refractivity contribution is 0.0687.